The molecule has 3 aromatic rings. The molecule has 4 rings (SSSR count). The van der Waals surface area contributed by atoms with Crippen molar-refractivity contribution in [1.82, 2.24) is 19.4 Å². The van der Waals surface area contributed by atoms with E-state index in [1.807, 2.05) is 0 Å². The van der Waals surface area contributed by atoms with Gasteiger partial charge in [0.15, 0.2) is 6.29 Å². The predicted octanol–water partition coefficient (Wildman–Crippen LogP) is 4.27. The molecule has 3 N–H and O–H groups in total. The number of H-pyrrole nitrogens is 1. The summed E-state index contributed by atoms with van der Waals surface area (Å²) in [6.07, 6.45) is -15.0. The third-order valence-corrected chi connectivity index (χ3v) is 6.66. The zero-order valence-electron chi connectivity index (χ0n) is 20.2. The van der Waals surface area contributed by atoms with Crippen LogP contribution in [0.25, 0.3) is 0 Å². The first-order valence-electron chi connectivity index (χ1n) is 11.4. The van der Waals surface area contributed by atoms with Crippen molar-refractivity contribution in [2.45, 2.75) is 37.6 Å². The van der Waals surface area contributed by atoms with Gasteiger partial charge in [-0.15, -0.1) is 9.55 Å². The molecule has 2 heterocycles. The molecular weight excluding hydrogens is 599 g/mol. The maximum absolute atomic E-state index is 15.3. The molecule has 0 bridgehead atoms. The van der Waals surface area contributed by atoms with Crippen LogP contribution < -0.4 is 5.69 Å². The standard InChI is InChI=1S/C22H19F8N4O6P/c23-15-3-1-11(2-4-15)17-19(39-6-5-33(17)10-16-31-20(35)34(32-16)41(36,37)38)40-18(24)12-7-13(21(25,26)27)9-14(8-12)22(28,29)30/h1-4,7-9,17-19H,5-6,10H2,(H,31,32,35)(H2,36,37,38)/t17-,18-,19+/m0/s1. The lowest BCUT2D eigenvalue weighted by atomic mass is 10.0. The molecule has 19 heteroatoms. The molecule has 1 fully saturated rings. The van der Waals surface area contributed by atoms with Crippen molar-refractivity contribution in [1.29, 1.82) is 0 Å². The summed E-state index contributed by atoms with van der Waals surface area (Å²) in [5.41, 5.74) is -5.68. The second-order valence-electron chi connectivity index (χ2n) is 8.78. The third-order valence-electron chi connectivity index (χ3n) is 5.90. The highest BCUT2D eigenvalue weighted by molar-refractivity contribution is 7.49. The van der Waals surface area contributed by atoms with E-state index in [1.54, 1.807) is 0 Å². The Balaban J connectivity index is 1.68. The van der Waals surface area contributed by atoms with E-state index in [1.165, 1.54) is 17.0 Å². The van der Waals surface area contributed by atoms with Gasteiger partial charge in [0.25, 0.3) is 0 Å². The first kappa shape index (κ1) is 30.8. The molecule has 224 valence electrons. The van der Waals surface area contributed by atoms with Crippen LogP contribution in [0.3, 0.4) is 0 Å². The Hall–Kier alpha value is -3.15. The number of aromatic nitrogens is 3. The van der Waals surface area contributed by atoms with Crippen LogP contribution in [0.4, 0.5) is 35.1 Å². The Labute approximate surface area is 224 Å². The van der Waals surface area contributed by atoms with Crippen LogP contribution in [0.1, 0.15) is 40.5 Å². The van der Waals surface area contributed by atoms with Gasteiger partial charge < -0.3 is 19.3 Å². The molecule has 3 atom stereocenters. The van der Waals surface area contributed by atoms with Gasteiger partial charge in [0.2, 0.25) is 6.36 Å². The monoisotopic (exact) mass is 618 g/mol. The van der Waals surface area contributed by atoms with Gasteiger partial charge in [0.1, 0.15) is 11.6 Å². The summed E-state index contributed by atoms with van der Waals surface area (Å²) in [7, 11) is -5.12. The smallest absolute Gasteiger partial charge is 0.349 e. The van der Waals surface area contributed by atoms with Crippen LogP contribution in [0.5, 0.6) is 0 Å². The molecule has 10 nitrogen and oxygen atoms in total. The molecule has 1 aliphatic heterocycles. The van der Waals surface area contributed by atoms with E-state index in [4.69, 9.17) is 9.47 Å². The first-order chi connectivity index (χ1) is 18.9. The number of morpholine rings is 1. The zero-order valence-corrected chi connectivity index (χ0v) is 21.1. The van der Waals surface area contributed by atoms with Crippen molar-refractivity contribution in [2.24, 2.45) is 0 Å². The SMILES string of the molecule is O=c1[nH]c(CN2CCO[C@H](O[C@H](F)c3cc(C(F)(F)F)cc(C(F)(F)F)c3)[C@@H]2c2ccc(F)cc2)nn1P(=O)(O)O. The minimum absolute atomic E-state index is 0.00849. The fourth-order valence-electron chi connectivity index (χ4n) is 4.11. The van der Waals surface area contributed by atoms with Gasteiger partial charge in [0, 0.05) is 12.1 Å². The van der Waals surface area contributed by atoms with E-state index in [0.717, 1.165) is 12.1 Å². The molecular formula is C22H19F8N4O6P. The Kier molecular flexibility index (Phi) is 8.46. The van der Waals surface area contributed by atoms with Gasteiger partial charge >= 0.3 is 25.8 Å². The maximum atomic E-state index is 15.3. The number of ether oxygens (including phenoxy) is 2. The van der Waals surface area contributed by atoms with E-state index in [9.17, 15) is 49.9 Å². The van der Waals surface area contributed by atoms with Gasteiger partial charge in [-0.2, -0.15) is 26.3 Å². The van der Waals surface area contributed by atoms with Crippen LogP contribution in [0.15, 0.2) is 47.3 Å². The van der Waals surface area contributed by atoms with Crippen molar-refractivity contribution in [3.05, 3.63) is 86.8 Å². The number of hydrogen-bond donors (Lipinski definition) is 3. The first-order valence-corrected chi connectivity index (χ1v) is 12.9. The average Bonchev–Trinajstić information content (AvgIpc) is 3.24. The average molecular weight is 618 g/mol. The number of aromatic amines is 1. The fraction of sp³-hybridized carbons (Fsp3) is 0.364. The minimum Gasteiger partial charge on any atom is -0.349 e. The van der Waals surface area contributed by atoms with E-state index in [-0.39, 0.29) is 53.7 Å². The number of alkyl halides is 7. The summed E-state index contributed by atoms with van der Waals surface area (Å²) < 4.78 is 130. The summed E-state index contributed by atoms with van der Waals surface area (Å²) >= 11 is 0. The van der Waals surface area contributed by atoms with Gasteiger partial charge in [-0.1, -0.05) is 12.1 Å². The zero-order chi connectivity index (χ0) is 30.3. The van der Waals surface area contributed by atoms with Crippen LogP contribution in [0, 0.1) is 5.82 Å². The number of rotatable bonds is 7. The molecule has 0 saturated carbocycles. The number of nitrogens with one attached hydrogen (secondary N) is 1. The van der Waals surface area contributed by atoms with Crippen molar-refractivity contribution in [3.63, 3.8) is 0 Å². The summed E-state index contributed by atoms with van der Waals surface area (Å²) in [5.74, 6) is -0.943. The fourth-order valence-corrected chi connectivity index (χ4v) is 4.62. The van der Waals surface area contributed by atoms with Gasteiger partial charge in [-0.3, -0.25) is 9.88 Å². The predicted molar refractivity (Wildman–Crippen MR) is 121 cm³/mol. The molecule has 0 aliphatic carbocycles. The molecule has 0 radical (unpaired) electrons. The number of hydrogen-bond acceptors (Lipinski definition) is 6. The van der Waals surface area contributed by atoms with Crippen molar-refractivity contribution in [3.8, 4) is 0 Å². The summed E-state index contributed by atoms with van der Waals surface area (Å²) in [6.45, 7) is -0.605. The molecule has 2 aromatic carbocycles. The number of halogens is 8. The van der Waals surface area contributed by atoms with E-state index in [0.29, 0.717) is 0 Å². The van der Waals surface area contributed by atoms with Gasteiger partial charge in [0.05, 0.1) is 30.3 Å². The van der Waals surface area contributed by atoms with Gasteiger partial charge in [-0.25, -0.2) is 18.1 Å². The van der Waals surface area contributed by atoms with Crippen LogP contribution in [-0.2, 0) is 32.9 Å². The van der Waals surface area contributed by atoms with Crippen LogP contribution in [-0.4, -0.2) is 48.7 Å². The Bertz CT molecular complexity index is 1450. The topological polar surface area (TPSA) is 130 Å². The quantitative estimate of drug-likeness (QED) is 0.265. The lowest BCUT2D eigenvalue weighted by Crippen LogP contribution is -2.46. The molecule has 1 aliphatic rings. The molecule has 0 spiro atoms. The molecule has 1 aromatic heterocycles. The van der Waals surface area contributed by atoms with Crippen molar-refractivity contribution >= 4 is 7.75 Å². The van der Waals surface area contributed by atoms with E-state index >= 15 is 4.39 Å². The summed E-state index contributed by atoms with van der Waals surface area (Å²) in [6, 6.07) is 3.42. The lowest BCUT2D eigenvalue weighted by Gasteiger charge is -2.41. The second kappa shape index (κ2) is 11.3. The van der Waals surface area contributed by atoms with Crippen LogP contribution in [0.2, 0.25) is 0 Å². The molecule has 0 amide bonds. The second-order valence-corrected chi connectivity index (χ2v) is 10.2. The normalized spacial score (nSPS) is 19.9. The summed E-state index contributed by atoms with van der Waals surface area (Å²) in [4.78, 5) is 34.0. The minimum atomic E-state index is -5.24. The molecule has 1 saturated heterocycles. The van der Waals surface area contributed by atoms with Crippen molar-refractivity contribution < 1.29 is 58.9 Å². The van der Waals surface area contributed by atoms with Crippen LogP contribution >= 0.6 is 7.75 Å². The third kappa shape index (κ3) is 7.20. The Morgan fingerprint density at radius 2 is 1.66 bits per heavy atom. The highest BCUT2D eigenvalue weighted by atomic mass is 31.2. The van der Waals surface area contributed by atoms with Gasteiger partial charge in [-0.05, 0) is 35.9 Å². The van der Waals surface area contributed by atoms with Crippen molar-refractivity contribution in [2.75, 3.05) is 13.2 Å². The maximum Gasteiger partial charge on any atom is 0.454 e. The van der Waals surface area contributed by atoms with E-state index in [2.05, 4.69) is 10.1 Å². The highest BCUT2D eigenvalue weighted by Gasteiger charge is 2.40. The Morgan fingerprint density at radius 3 is 2.17 bits per heavy atom. The largest absolute Gasteiger partial charge is 0.454 e. The lowest BCUT2D eigenvalue weighted by molar-refractivity contribution is -0.257. The molecule has 41 heavy (non-hydrogen) atoms. The highest BCUT2D eigenvalue weighted by Crippen LogP contribution is 2.40. The number of benzene rings is 2. The summed E-state index contributed by atoms with van der Waals surface area (Å²) in [5, 5.41) is 3.53. The van der Waals surface area contributed by atoms with E-state index < -0.39 is 67.0 Å². The molecule has 0 unspecified atom stereocenters. The number of nitrogens with zero attached hydrogens (tertiary/aromatic N) is 3. The Morgan fingerprint density at radius 1 is 1.07 bits per heavy atom.